The molecule has 0 saturated carbocycles. The van der Waals surface area contributed by atoms with Gasteiger partial charge >= 0.3 is 6.09 Å². The van der Waals surface area contributed by atoms with Crippen molar-refractivity contribution >= 4 is 23.0 Å². The first-order chi connectivity index (χ1) is 13.1. The number of fused-ring (bicyclic) bond motifs is 1. The van der Waals surface area contributed by atoms with Gasteiger partial charge in [0.05, 0.1) is 18.4 Å². The summed E-state index contributed by atoms with van der Waals surface area (Å²) in [5.74, 6) is 0.112. The van der Waals surface area contributed by atoms with E-state index in [1.165, 1.54) is 0 Å². The van der Waals surface area contributed by atoms with Crippen molar-refractivity contribution in [3.63, 3.8) is 0 Å². The van der Waals surface area contributed by atoms with Crippen LogP contribution in [0.2, 0.25) is 0 Å². The lowest BCUT2D eigenvalue weighted by Gasteiger charge is -2.33. The van der Waals surface area contributed by atoms with E-state index in [1.807, 2.05) is 44.3 Å². The Balaban J connectivity index is 1.47. The van der Waals surface area contributed by atoms with E-state index in [9.17, 15) is 9.59 Å². The molecule has 2 aromatic rings. The molecule has 0 spiro atoms. The van der Waals surface area contributed by atoms with Crippen LogP contribution in [0.3, 0.4) is 0 Å². The van der Waals surface area contributed by atoms with Gasteiger partial charge in [0.25, 0.3) is 0 Å². The molecule has 1 aliphatic heterocycles. The minimum atomic E-state index is -0.509. The molecule has 9 nitrogen and oxygen atoms in total. The Morgan fingerprint density at radius 2 is 1.96 bits per heavy atom. The second-order valence-corrected chi connectivity index (χ2v) is 8.36. The van der Waals surface area contributed by atoms with Gasteiger partial charge in [-0.25, -0.2) is 4.79 Å². The van der Waals surface area contributed by atoms with Crippen LogP contribution in [0, 0.1) is 6.92 Å². The van der Waals surface area contributed by atoms with Crippen molar-refractivity contribution in [3.05, 3.63) is 11.9 Å². The second-order valence-electron chi connectivity index (χ2n) is 8.36. The number of hydrogen-bond donors (Lipinski definition) is 1. The normalized spacial score (nSPS) is 15.8. The second kappa shape index (κ2) is 7.81. The minimum Gasteiger partial charge on any atom is -0.444 e. The Bertz CT molecular complexity index is 855. The number of ether oxygens (including phenoxy) is 1. The van der Waals surface area contributed by atoms with E-state index in [0.29, 0.717) is 26.1 Å². The van der Waals surface area contributed by atoms with Crippen molar-refractivity contribution in [1.82, 2.24) is 29.8 Å². The van der Waals surface area contributed by atoms with Crippen LogP contribution in [0.5, 0.6) is 0 Å². The predicted octanol–water partition coefficient (Wildman–Crippen LogP) is 1.98. The number of piperidine rings is 1. The smallest absolute Gasteiger partial charge is 0.407 e. The van der Waals surface area contributed by atoms with Crippen LogP contribution in [0.25, 0.3) is 11.0 Å². The summed E-state index contributed by atoms with van der Waals surface area (Å²) in [5, 5.41) is 11.7. The quantitative estimate of drug-likeness (QED) is 0.861. The molecule has 0 bridgehead atoms. The molecule has 3 rings (SSSR count). The summed E-state index contributed by atoms with van der Waals surface area (Å²) in [7, 11) is 1.89. The molecule has 2 aromatic heterocycles. The Labute approximate surface area is 165 Å². The molecule has 28 heavy (non-hydrogen) atoms. The number of aromatic nitrogens is 4. The van der Waals surface area contributed by atoms with Crippen molar-refractivity contribution in [2.75, 3.05) is 13.1 Å². The fourth-order valence-electron chi connectivity index (χ4n) is 3.59. The van der Waals surface area contributed by atoms with E-state index >= 15 is 0 Å². The van der Waals surface area contributed by atoms with E-state index in [4.69, 9.17) is 4.74 Å². The highest BCUT2D eigenvalue weighted by molar-refractivity contribution is 5.79. The summed E-state index contributed by atoms with van der Waals surface area (Å²) < 4.78 is 8.95. The van der Waals surface area contributed by atoms with Crippen molar-refractivity contribution < 1.29 is 14.3 Å². The zero-order chi connectivity index (χ0) is 20.5. The summed E-state index contributed by atoms with van der Waals surface area (Å²) in [5.41, 5.74) is 2.36. The third-order valence-corrected chi connectivity index (χ3v) is 4.92. The van der Waals surface area contributed by atoms with Crippen LogP contribution in [0.15, 0.2) is 6.20 Å². The summed E-state index contributed by atoms with van der Waals surface area (Å²) >= 11 is 0. The average Bonchev–Trinajstić information content (AvgIpc) is 3.13. The van der Waals surface area contributed by atoms with Crippen molar-refractivity contribution in [1.29, 1.82) is 0 Å². The van der Waals surface area contributed by atoms with Gasteiger partial charge in [-0.05, 0) is 40.5 Å². The molecule has 1 aliphatic rings. The topological polar surface area (TPSA) is 94.3 Å². The van der Waals surface area contributed by atoms with Gasteiger partial charge in [0.1, 0.15) is 16.6 Å². The van der Waals surface area contributed by atoms with E-state index in [1.54, 1.807) is 10.9 Å². The number of carbonyl (C=O) groups is 2. The van der Waals surface area contributed by atoms with Crippen LogP contribution in [-0.2, 0) is 23.1 Å². The van der Waals surface area contributed by atoms with Crippen molar-refractivity contribution in [2.45, 2.75) is 65.1 Å². The molecule has 0 unspecified atom stereocenters. The maximum atomic E-state index is 12.6. The van der Waals surface area contributed by atoms with Gasteiger partial charge in [0, 0.05) is 32.6 Å². The van der Waals surface area contributed by atoms with E-state index < -0.39 is 11.7 Å². The molecular formula is C19H30N6O3. The highest BCUT2D eigenvalue weighted by atomic mass is 16.6. The Morgan fingerprint density at radius 3 is 2.61 bits per heavy atom. The lowest BCUT2D eigenvalue weighted by Crippen LogP contribution is -2.47. The molecule has 0 atom stereocenters. The minimum absolute atomic E-state index is 0.0442. The monoisotopic (exact) mass is 390 g/mol. The van der Waals surface area contributed by atoms with Gasteiger partial charge in [-0.2, -0.15) is 10.2 Å². The highest BCUT2D eigenvalue weighted by Crippen LogP contribution is 2.18. The number of aryl methyl sites for hydroxylation is 3. The fraction of sp³-hybridized carbons (Fsp3) is 0.684. The molecule has 0 aromatic carbocycles. The number of hydrogen-bond acceptors (Lipinski definition) is 5. The van der Waals surface area contributed by atoms with E-state index in [-0.39, 0.29) is 11.9 Å². The lowest BCUT2D eigenvalue weighted by atomic mass is 10.0. The van der Waals surface area contributed by atoms with Crippen LogP contribution in [-0.4, -0.2) is 61.2 Å². The SMILES string of the molecule is Cc1nn(C)c2cnn(CCC(=O)N3CCC(NC(=O)OC(C)(C)C)CC3)c12. The Morgan fingerprint density at radius 1 is 1.29 bits per heavy atom. The van der Waals surface area contributed by atoms with Crippen molar-refractivity contribution in [3.8, 4) is 0 Å². The first-order valence-corrected chi connectivity index (χ1v) is 9.76. The molecule has 9 heteroatoms. The summed E-state index contributed by atoms with van der Waals surface area (Å²) in [6, 6.07) is 0.0442. The molecule has 154 valence electrons. The number of amides is 2. The Kier molecular flexibility index (Phi) is 5.62. The van der Waals surface area contributed by atoms with Crippen LogP contribution >= 0.6 is 0 Å². The number of likely N-dealkylation sites (tertiary alicyclic amines) is 1. The predicted molar refractivity (Wildman–Crippen MR) is 105 cm³/mol. The Hall–Kier alpha value is -2.58. The van der Waals surface area contributed by atoms with Gasteiger partial charge < -0.3 is 15.0 Å². The molecule has 0 radical (unpaired) electrons. The first kappa shape index (κ1) is 20.2. The maximum Gasteiger partial charge on any atom is 0.407 e. The van der Waals surface area contributed by atoms with Gasteiger partial charge in [0.15, 0.2) is 0 Å². The number of nitrogens with zero attached hydrogens (tertiary/aromatic N) is 5. The number of alkyl carbamates (subject to hydrolysis) is 1. The molecule has 1 N–H and O–H groups in total. The van der Waals surface area contributed by atoms with Crippen LogP contribution in [0.1, 0.15) is 45.7 Å². The standard InChI is InChI=1S/C19H30N6O3/c1-13-17-15(23(5)22-13)12-20-25(17)11-8-16(26)24-9-6-14(7-10-24)21-18(27)28-19(2,3)4/h12,14H,6-11H2,1-5H3,(H,21,27). The summed E-state index contributed by atoms with van der Waals surface area (Å²) in [6.45, 7) is 9.28. The molecule has 1 saturated heterocycles. The zero-order valence-electron chi connectivity index (χ0n) is 17.4. The third kappa shape index (κ3) is 4.63. The summed E-state index contributed by atoms with van der Waals surface area (Å²) in [6.07, 6.45) is 3.26. The molecular weight excluding hydrogens is 360 g/mol. The molecule has 2 amide bonds. The number of rotatable bonds is 4. The van der Waals surface area contributed by atoms with E-state index in [0.717, 1.165) is 29.6 Å². The highest BCUT2D eigenvalue weighted by Gasteiger charge is 2.25. The fourth-order valence-corrected chi connectivity index (χ4v) is 3.59. The molecule has 0 aliphatic carbocycles. The van der Waals surface area contributed by atoms with E-state index in [2.05, 4.69) is 15.5 Å². The maximum absolute atomic E-state index is 12.6. The zero-order valence-corrected chi connectivity index (χ0v) is 17.4. The number of nitrogens with one attached hydrogen (secondary N) is 1. The van der Waals surface area contributed by atoms with Crippen LogP contribution in [0.4, 0.5) is 4.79 Å². The van der Waals surface area contributed by atoms with Crippen LogP contribution < -0.4 is 5.32 Å². The average molecular weight is 390 g/mol. The number of carbonyl (C=O) groups excluding carboxylic acids is 2. The lowest BCUT2D eigenvalue weighted by molar-refractivity contribution is -0.132. The van der Waals surface area contributed by atoms with Gasteiger partial charge in [0.2, 0.25) is 5.91 Å². The van der Waals surface area contributed by atoms with Gasteiger partial charge in [-0.3, -0.25) is 14.2 Å². The molecule has 1 fully saturated rings. The van der Waals surface area contributed by atoms with Crippen molar-refractivity contribution in [2.24, 2.45) is 7.05 Å². The van der Waals surface area contributed by atoms with Gasteiger partial charge in [-0.1, -0.05) is 0 Å². The largest absolute Gasteiger partial charge is 0.444 e. The van der Waals surface area contributed by atoms with Gasteiger partial charge in [-0.15, -0.1) is 0 Å². The first-order valence-electron chi connectivity index (χ1n) is 9.76. The third-order valence-electron chi connectivity index (χ3n) is 4.92. The summed E-state index contributed by atoms with van der Waals surface area (Å²) in [4.78, 5) is 26.3. The molecule has 3 heterocycles.